The number of carboxylic acid groups (broad SMARTS) is 1. The summed E-state index contributed by atoms with van der Waals surface area (Å²) < 4.78 is 0. The number of aliphatic hydroxyl groups excluding tert-OH is 1. The monoisotopic (exact) mass is 445 g/mol. The molecule has 1 aromatic heterocycles. The van der Waals surface area contributed by atoms with Gasteiger partial charge in [0.05, 0.1) is 23.2 Å². The Bertz CT molecular complexity index is 1340. The van der Waals surface area contributed by atoms with Gasteiger partial charge in [-0.2, -0.15) is 0 Å². The molecule has 6 nitrogen and oxygen atoms in total. The average Bonchev–Trinajstić information content (AvgIpc) is 2.82. The molecule has 2 heterocycles. The minimum atomic E-state index is -1.00. The number of carboxylic acids is 1. The predicted molar refractivity (Wildman–Crippen MR) is 125 cm³/mol. The zero-order chi connectivity index (χ0) is 22.2. The van der Waals surface area contributed by atoms with Gasteiger partial charge in [0.2, 0.25) is 0 Å². The third-order valence-electron chi connectivity index (χ3n) is 5.72. The van der Waals surface area contributed by atoms with E-state index in [1.807, 2.05) is 42.5 Å². The molecule has 2 N–H and O–H groups in total. The van der Waals surface area contributed by atoms with E-state index in [0.29, 0.717) is 27.6 Å². The second-order valence-corrected chi connectivity index (χ2v) is 8.22. The number of aliphatic hydroxyl groups is 1. The molecule has 160 valence electrons. The van der Waals surface area contributed by atoms with Crippen LogP contribution in [0.25, 0.3) is 22.3 Å². The third-order valence-corrected chi connectivity index (χ3v) is 5.95. The molecule has 0 bridgehead atoms. The molecule has 0 amide bonds. The number of carbonyl (C=O) groups is 1. The lowest BCUT2D eigenvalue weighted by Gasteiger charge is -2.31. The maximum atomic E-state index is 11.5. The summed E-state index contributed by atoms with van der Waals surface area (Å²) in [5.41, 5.74) is 5.87. The van der Waals surface area contributed by atoms with Crippen molar-refractivity contribution in [3.05, 3.63) is 82.4 Å². The maximum absolute atomic E-state index is 11.5. The number of anilines is 2. The Kier molecular flexibility index (Phi) is 5.25. The van der Waals surface area contributed by atoms with Crippen LogP contribution in [0.15, 0.2) is 60.7 Å². The molecule has 5 rings (SSSR count). The van der Waals surface area contributed by atoms with Crippen molar-refractivity contribution < 1.29 is 15.0 Å². The molecule has 0 atom stereocenters. The summed E-state index contributed by atoms with van der Waals surface area (Å²) in [5, 5.41) is 19.5. The van der Waals surface area contributed by atoms with Crippen LogP contribution in [0.5, 0.6) is 0 Å². The number of aromatic nitrogens is 2. The molecule has 0 aliphatic carbocycles. The fraction of sp³-hybridized carbons (Fsp3) is 0.160. The number of hydrogen-bond donors (Lipinski definition) is 2. The molecule has 7 heteroatoms. The quantitative estimate of drug-likeness (QED) is 0.447. The summed E-state index contributed by atoms with van der Waals surface area (Å²) >= 11 is 6.23. The van der Waals surface area contributed by atoms with Crippen molar-refractivity contribution in [3.63, 3.8) is 0 Å². The van der Waals surface area contributed by atoms with Crippen LogP contribution in [-0.2, 0) is 13.0 Å². The molecule has 0 radical (unpaired) electrons. The van der Waals surface area contributed by atoms with Gasteiger partial charge in [0.15, 0.2) is 5.82 Å². The maximum Gasteiger partial charge on any atom is 0.335 e. The first kappa shape index (κ1) is 20.4. The predicted octanol–water partition coefficient (Wildman–Crippen LogP) is 5.23. The largest absolute Gasteiger partial charge is 0.478 e. The van der Waals surface area contributed by atoms with Crippen molar-refractivity contribution in [2.75, 3.05) is 11.4 Å². The summed E-state index contributed by atoms with van der Waals surface area (Å²) in [6.07, 6.45) is 1.86. The Morgan fingerprint density at radius 3 is 2.56 bits per heavy atom. The van der Waals surface area contributed by atoms with Gasteiger partial charge in [-0.05, 0) is 60.4 Å². The van der Waals surface area contributed by atoms with Gasteiger partial charge in [-0.1, -0.05) is 35.9 Å². The lowest BCUT2D eigenvalue weighted by atomic mass is 10.0. The third kappa shape index (κ3) is 3.68. The van der Waals surface area contributed by atoms with Crippen molar-refractivity contribution in [2.24, 2.45) is 0 Å². The first-order chi connectivity index (χ1) is 15.5. The van der Waals surface area contributed by atoms with E-state index in [1.54, 1.807) is 12.1 Å². The highest BCUT2D eigenvalue weighted by Gasteiger charge is 2.24. The summed E-state index contributed by atoms with van der Waals surface area (Å²) in [6.45, 7) is 0.726. The van der Waals surface area contributed by atoms with Crippen LogP contribution in [0.2, 0.25) is 5.02 Å². The van der Waals surface area contributed by atoms with E-state index in [0.717, 1.165) is 41.8 Å². The lowest BCUT2D eigenvalue weighted by Crippen LogP contribution is -2.26. The van der Waals surface area contributed by atoms with Crippen LogP contribution in [-0.4, -0.2) is 32.7 Å². The smallest absolute Gasteiger partial charge is 0.335 e. The Balaban J connectivity index is 1.74. The van der Waals surface area contributed by atoms with Gasteiger partial charge in [-0.15, -0.1) is 0 Å². The molecule has 0 fully saturated rings. The van der Waals surface area contributed by atoms with E-state index in [2.05, 4.69) is 4.90 Å². The first-order valence-electron chi connectivity index (χ1n) is 10.3. The zero-order valence-electron chi connectivity index (χ0n) is 17.1. The van der Waals surface area contributed by atoms with Crippen LogP contribution in [0.3, 0.4) is 0 Å². The van der Waals surface area contributed by atoms with Gasteiger partial charge in [0.25, 0.3) is 0 Å². The minimum absolute atomic E-state index is 0.0330. The first-order valence-corrected chi connectivity index (χ1v) is 10.7. The highest BCUT2D eigenvalue weighted by atomic mass is 35.5. The Hall–Kier alpha value is -3.48. The van der Waals surface area contributed by atoms with E-state index in [9.17, 15) is 15.0 Å². The average molecular weight is 446 g/mol. The van der Waals surface area contributed by atoms with E-state index in [4.69, 9.17) is 21.6 Å². The van der Waals surface area contributed by atoms with E-state index < -0.39 is 5.97 Å². The van der Waals surface area contributed by atoms with Gasteiger partial charge in [-0.25, -0.2) is 14.8 Å². The highest BCUT2D eigenvalue weighted by Crippen LogP contribution is 2.39. The second-order valence-electron chi connectivity index (χ2n) is 7.79. The molecule has 0 spiro atoms. The Morgan fingerprint density at radius 2 is 1.81 bits per heavy atom. The van der Waals surface area contributed by atoms with Crippen LogP contribution < -0.4 is 4.90 Å². The molecule has 0 saturated heterocycles. The Labute approximate surface area is 189 Å². The van der Waals surface area contributed by atoms with E-state index in [-0.39, 0.29) is 12.2 Å². The lowest BCUT2D eigenvalue weighted by molar-refractivity contribution is 0.0697. The number of rotatable bonds is 4. The van der Waals surface area contributed by atoms with Gasteiger partial charge in [-0.3, -0.25) is 0 Å². The van der Waals surface area contributed by atoms with Gasteiger partial charge >= 0.3 is 5.97 Å². The standard InChI is InChI=1S/C25H20ClN3O3/c26-19-8-10-22-17(12-19)2-1-11-29(22)24-23(16-5-3-15(14-30)4-6-16)27-20-9-7-18(25(31)32)13-21(20)28-24/h3-10,12-13,30H,1-2,11,14H2,(H,31,32). The van der Waals surface area contributed by atoms with Crippen LogP contribution in [0.4, 0.5) is 11.5 Å². The SMILES string of the molecule is O=C(O)c1ccc2nc(-c3ccc(CO)cc3)c(N3CCCc4cc(Cl)ccc43)nc2c1. The molecule has 4 aromatic rings. The fourth-order valence-electron chi connectivity index (χ4n) is 4.11. The topological polar surface area (TPSA) is 86.5 Å². The van der Waals surface area contributed by atoms with Crippen LogP contribution >= 0.6 is 11.6 Å². The van der Waals surface area contributed by atoms with Gasteiger partial charge in [0, 0.05) is 22.8 Å². The van der Waals surface area contributed by atoms with Crippen molar-refractivity contribution in [2.45, 2.75) is 19.4 Å². The molecule has 3 aromatic carbocycles. The van der Waals surface area contributed by atoms with Gasteiger partial charge in [0.1, 0.15) is 5.69 Å². The number of halogens is 1. The van der Waals surface area contributed by atoms with Gasteiger partial charge < -0.3 is 15.1 Å². The van der Waals surface area contributed by atoms with Crippen molar-refractivity contribution >= 4 is 40.1 Å². The van der Waals surface area contributed by atoms with E-state index >= 15 is 0 Å². The second kappa shape index (κ2) is 8.22. The molecular formula is C25H20ClN3O3. The zero-order valence-corrected chi connectivity index (χ0v) is 17.9. The molecular weight excluding hydrogens is 426 g/mol. The molecule has 0 saturated carbocycles. The van der Waals surface area contributed by atoms with Crippen LogP contribution in [0, 0.1) is 0 Å². The van der Waals surface area contributed by atoms with E-state index in [1.165, 1.54) is 6.07 Å². The molecule has 32 heavy (non-hydrogen) atoms. The number of aryl methyl sites for hydroxylation is 1. The van der Waals surface area contributed by atoms with Crippen molar-refractivity contribution in [1.29, 1.82) is 0 Å². The molecule has 1 aliphatic rings. The normalized spacial score (nSPS) is 13.2. The molecule has 1 aliphatic heterocycles. The minimum Gasteiger partial charge on any atom is -0.478 e. The number of nitrogens with zero attached hydrogens (tertiary/aromatic N) is 3. The summed E-state index contributed by atoms with van der Waals surface area (Å²) in [6, 6.07) is 18.2. The number of aromatic carboxylic acids is 1. The van der Waals surface area contributed by atoms with Crippen LogP contribution in [0.1, 0.15) is 27.9 Å². The Morgan fingerprint density at radius 1 is 1.00 bits per heavy atom. The van der Waals surface area contributed by atoms with Crippen molar-refractivity contribution in [3.8, 4) is 11.3 Å². The molecule has 0 unspecified atom stereocenters. The summed E-state index contributed by atoms with van der Waals surface area (Å²) in [5.74, 6) is -0.336. The fourth-order valence-corrected chi connectivity index (χ4v) is 4.31. The number of fused-ring (bicyclic) bond motifs is 2. The van der Waals surface area contributed by atoms with Crippen molar-refractivity contribution in [1.82, 2.24) is 9.97 Å². The highest BCUT2D eigenvalue weighted by molar-refractivity contribution is 6.30. The summed E-state index contributed by atoms with van der Waals surface area (Å²) in [4.78, 5) is 23.4. The number of benzene rings is 3. The number of hydrogen-bond acceptors (Lipinski definition) is 5. The summed E-state index contributed by atoms with van der Waals surface area (Å²) in [7, 11) is 0.